The van der Waals surface area contributed by atoms with Crippen LogP contribution in [0.15, 0.2) is 66.9 Å². The zero-order valence-corrected chi connectivity index (χ0v) is 14.5. The van der Waals surface area contributed by atoms with Crippen LogP contribution in [-0.2, 0) is 0 Å². The van der Waals surface area contributed by atoms with Gasteiger partial charge in [-0.3, -0.25) is 15.3 Å². The molecule has 1 aliphatic heterocycles. The summed E-state index contributed by atoms with van der Waals surface area (Å²) in [7, 11) is 0. The molecule has 2 N–H and O–H groups in total. The van der Waals surface area contributed by atoms with Gasteiger partial charge in [0.05, 0.1) is 5.52 Å². The minimum atomic E-state index is -0.0421. The smallest absolute Gasteiger partial charge is 0.189 e. The lowest BCUT2D eigenvalue weighted by atomic mass is 10.1. The van der Waals surface area contributed by atoms with Crippen LogP contribution >= 0.6 is 12.2 Å². The van der Waals surface area contributed by atoms with Gasteiger partial charge in [-0.1, -0.05) is 44.2 Å². The highest BCUT2D eigenvalue weighted by Gasteiger charge is 2.30. The normalized spacial score (nSPS) is 16.5. The molecule has 2 heterocycles. The third-order valence-corrected chi connectivity index (χ3v) is 4.07. The Labute approximate surface area is 149 Å². The van der Waals surface area contributed by atoms with E-state index in [0.29, 0.717) is 5.11 Å². The largest absolute Gasteiger partial charge is 0.296 e. The van der Waals surface area contributed by atoms with Gasteiger partial charge in [0, 0.05) is 18.7 Å². The fourth-order valence-electron chi connectivity index (χ4n) is 2.72. The minimum Gasteiger partial charge on any atom is -0.296 e. The van der Waals surface area contributed by atoms with Crippen molar-refractivity contribution in [1.82, 2.24) is 15.8 Å². The third-order valence-electron chi connectivity index (χ3n) is 3.77. The van der Waals surface area contributed by atoms with Gasteiger partial charge in [0.1, 0.15) is 6.17 Å². The minimum absolute atomic E-state index is 0. The number of nitrogens with one attached hydrogen (secondary N) is 2. The lowest BCUT2D eigenvalue weighted by Crippen LogP contribution is -2.29. The van der Waals surface area contributed by atoms with Gasteiger partial charge in [0.25, 0.3) is 0 Å². The zero-order chi connectivity index (χ0) is 16.9. The van der Waals surface area contributed by atoms with Gasteiger partial charge in [0.2, 0.25) is 0 Å². The molecule has 0 bridgehead atoms. The van der Waals surface area contributed by atoms with Crippen LogP contribution in [0.25, 0.3) is 10.9 Å². The summed E-state index contributed by atoms with van der Waals surface area (Å²) in [5, 5.41) is 1.79. The van der Waals surface area contributed by atoms with Crippen LogP contribution in [0.2, 0.25) is 0 Å². The van der Waals surface area contributed by atoms with Gasteiger partial charge in [-0.05, 0) is 48.1 Å². The number of benzene rings is 2. The molecule has 0 radical (unpaired) electrons. The van der Waals surface area contributed by atoms with E-state index in [4.69, 9.17) is 12.2 Å². The fraction of sp³-hybridized carbons (Fsp3) is 0.158. The number of rotatable bonds is 2. The summed E-state index contributed by atoms with van der Waals surface area (Å²) in [6.07, 6.45) is 1.77. The van der Waals surface area contributed by atoms with Gasteiger partial charge < -0.3 is 0 Å². The molecule has 3 aromatic rings. The molecule has 2 aromatic carbocycles. The summed E-state index contributed by atoms with van der Waals surface area (Å²) in [5.41, 5.74) is 9.49. The molecule has 4 rings (SSSR count). The van der Waals surface area contributed by atoms with E-state index in [1.54, 1.807) is 0 Å². The predicted octanol–water partition coefficient (Wildman–Crippen LogP) is 4.40. The summed E-state index contributed by atoms with van der Waals surface area (Å²) >= 11 is 5.44. The Hall–Kier alpha value is -2.50. The molecule has 5 heteroatoms. The Morgan fingerprint density at radius 1 is 1.04 bits per heavy atom. The van der Waals surface area contributed by atoms with E-state index in [9.17, 15) is 0 Å². The molecule has 1 unspecified atom stereocenters. The van der Waals surface area contributed by atoms with Crippen LogP contribution in [0.4, 0.5) is 5.69 Å². The monoisotopic (exact) mass is 338 g/mol. The van der Waals surface area contributed by atoms with E-state index in [2.05, 4.69) is 51.1 Å². The summed E-state index contributed by atoms with van der Waals surface area (Å²) in [6.45, 7) is 4.00. The summed E-state index contributed by atoms with van der Waals surface area (Å²) in [4.78, 5) is 6.44. The van der Waals surface area contributed by atoms with Crippen molar-refractivity contribution in [2.24, 2.45) is 0 Å². The first-order valence-corrected chi connectivity index (χ1v) is 8.48. The SMILES string of the molecule is CC.S=C1NNC(c2ccc3ncccc3c2)N1c1ccccc1.[HH]. The number of nitrogens with zero attached hydrogens (tertiary/aromatic N) is 2. The molecule has 0 spiro atoms. The highest BCUT2D eigenvalue weighted by molar-refractivity contribution is 7.80. The molecule has 1 fully saturated rings. The fourth-order valence-corrected chi connectivity index (χ4v) is 2.99. The van der Waals surface area contributed by atoms with Crippen molar-refractivity contribution in [2.45, 2.75) is 20.0 Å². The van der Waals surface area contributed by atoms with E-state index < -0.39 is 0 Å². The average molecular weight is 338 g/mol. The Bertz CT molecular complexity index is 841. The van der Waals surface area contributed by atoms with Crippen molar-refractivity contribution in [3.05, 3.63) is 72.4 Å². The number of para-hydroxylation sites is 1. The van der Waals surface area contributed by atoms with Crippen molar-refractivity contribution < 1.29 is 1.43 Å². The predicted molar refractivity (Wildman–Crippen MR) is 106 cm³/mol. The molecule has 1 atom stereocenters. The average Bonchev–Trinajstić information content (AvgIpc) is 3.05. The highest BCUT2D eigenvalue weighted by atomic mass is 32.1. The number of hydrogen-bond acceptors (Lipinski definition) is 3. The molecular weight excluding hydrogens is 316 g/mol. The molecule has 24 heavy (non-hydrogen) atoms. The van der Waals surface area contributed by atoms with E-state index in [-0.39, 0.29) is 7.59 Å². The molecule has 1 aliphatic rings. The van der Waals surface area contributed by atoms with E-state index in [1.165, 1.54) is 0 Å². The Morgan fingerprint density at radius 2 is 1.83 bits per heavy atom. The first-order chi connectivity index (χ1) is 11.8. The topological polar surface area (TPSA) is 40.2 Å². The van der Waals surface area contributed by atoms with Crippen molar-refractivity contribution in [3.8, 4) is 0 Å². The quantitative estimate of drug-likeness (QED) is 0.678. The standard InChI is InChI=1S/C17H14N4S.C2H6.H2/c22-17-20-19-16(21(17)14-6-2-1-3-7-14)13-8-9-15-12(11-13)5-4-10-18-15;1-2;/h1-11,16,19H,(H,20,22);1-2H3;1H. The van der Waals surface area contributed by atoms with Gasteiger partial charge in [0.15, 0.2) is 5.11 Å². The van der Waals surface area contributed by atoms with Crippen molar-refractivity contribution in [2.75, 3.05) is 4.90 Å². The number of aromatic nitrogens is 1. The molecule has 4 nitrogen and oxygen atoms in total. The summed E-state index contributed by atoms with van der Waals surface area (Å²) in [6, 6.07) is 20.4. The van der Waals surface area contributed by atoms with E-state index in [1.807, 2.05) is 50.4 Å². The molecule has 124 valence electrons. The molecular formula is C19H22N4S. The number of fused-ring (bicyclic) bond motifs is 1. The Balaban J connectivity index is 0.000000726. The van der Waals surface area contributed by atoms with Crippen LogP contribution in [0.1, 0.15) is 27.0 Å². The number of anilines is 1. The first kappa shape index (κ1) is 16.4. The van der Waals surface area contributed by atoms with Crippen LogP contribution < -0.4 is 15.8 Å². The van der Waals surface area contributed by atoms with Crippen molar-refractivity contribution >= 4 is 33.9 Å². The second-order valence-corrected chi connectivity index (χ2v) is 5.52. The molecule has 0 aliphatic carbocycles. The number of hydrazine groups is 1. The van der Waals surface area contributed by atoms with Crippen LogP contribution in [0.5, 0.6) is 0 Å². The summed E-state index contributed by atoms with van der Waals surface area (Å²) < 4.78 is 0. The number of pyridine rings is 1. The maximum atomic E-state index is 5.44. The van der Waals surface area contributed by atoms with Crippen LogP contribution in [0.3, 0.4) is 0 Å². The first-order valence-electron chi connectivity index (χ1n) is 8.07. The van der Waals surface area contributed by atoms with Crippen molar-refractivity contribution in [1.29, 1.82) is 0 Å². The Kier molecular flexibility index (Phi) is 5.03. The Morgan fingerprint density at radius 3 is 2.62 bits per heavy atom. The maximum absolute atomic E-state index is 5.44. The number of thiocarbonyl (C=S) groups is 1. The van der Waals surface area contributed by atoms with E-state index in [0.717, 1.165) is 22.2 Å². The number of hydrogen-bond donors (Lipinski definition) is 2. The maximum Gasteiger partial charge on any atom is 0.189 e. The lowest BCUT2D eigenvalue weighted by molar-refractivity contribution is 0.586. The van der Waals surface area contributed by atoms with Gasteiger partial charge in [-0.2, -0.15) is 0 Å². The van der Waals surface area contributed by atoms with E-state index >= 15 is 0 Å². The van der Waals surface area contributed by atoms with Crippen LogP contribution in [0, 0.1) is 0 Å². The lowest BCUT2D eigenvalue weighted by Gasteiger charge is -2.24. The van der Waals surface area contributed by atoms with Gasteiger partial charge in [-0.25, -0.2) is 5.43 Å². The zero-order valence-electron chi connectivity index (χ0n) is 13.7. The van der Waals surface area contributed by atoms with Crippen LogP contribution in [-0.4, -0.2) is 10.1 Å². The second kappa shape index (κ2) is 7.38. The molecule has 0 amide bonds. The molecule has 0 saturated carbocycles. The highest BCUT2D eigenvalue weighted by Crippen LogP contribution is 2.29. The summed E-state index contributed by atoms with van der Waals surface area (Å²) in [5.74, 6) is 0. The third kappa shape index (κ3) is 3.09. The van der Waals surface area contributed by atoms with Gasteiger partial charge in [-0.15, -0.1) is 0 Å². The molecule has 1 saturated heterocycles. The second-order valence-electron chi connectivity index (χ2n) is 5.14. The van der Waals surface area contributed by atoms with Gasteiger partial charge >= 0.3 is 0 Å². The van der Waals surface area contributed by atoms with Crippen molar-refractivity contribution in [3.63, 3.8) is 0 Å². The molecule has 1 aromatic heterocycles.